The maximum absolute atomic E-state index is 13.7. The zero-order chi connectivity index (χ0) is 36.3. The van der Waals surface area contributed by atoms with E-state index in [1.165, 1.54) is 0 Å². The summed E-state index contributed by atoms with van der Waals surface area (Å²) in [7, 11) is 0. The summed E-state index contributed by atoms with van der Waals surface area (Å²) < 4.78 is 10.8. The van der Waals surface area contributed by atoms with Crippen LogP contribution in [0.2, 0.25) is 0 Å². The van der Waals surface area contributed by atoms with Crippen molar-refractivity contribution < 1.29 is 38.2 Å². The maximum atomic E-state index is 13.7. The van der Waals surface area contributed by atoms with Gasteiger partial charge in [-0.3, -0.25) is 19.2 Å². The maximum Gasteiger partial charge on any atom is 0.408 e. The smallest absolute Gasteiger partial charge is 0.408 e. The SMILES string of the molecule is Cc1cccc(C)c1C(=O)OCC(=O)[C@@H](CCCCNC(=O)CCCC(N)=O)NC(=O)[C@@H](Cc1ccccc1)NC(=O)OCc1ccccc1. The van der Waals surface area contributed by atoms with Crippen LogP contribution in [0.5, 0.6) is 0 Å². The van der Waals surface area contributed by atoms with E-state index in [9.17, 15) is 28.8 Å². The lowest BCUT2D eigenvalue weighted by molar-refractivity contribution is -0.130. The third kappa shape index (κ3) is 13.9. The van der Waals surface area contributed by atoms with Gasteiger partial charge in [-0.15, -0.1) is 0 Å². The minimum atomic E-state index is -1.09. The second kappa shape index (κ2) is 20.8. The molecule has 0 aromatic heterocycles. The summed E-state index contributed by atoms with van der Waals surface area (Å²) in [6.07, 6.45) is 1.05. The first-order chi connectivity index (χ1) is 24.0. The quantitative estimate of drug-likeness (QED) is 0.102. The van der Waals surface area contributed by atoms with Gasteiger partial charge in [0.25, 0.3) is 0 Å². The highest BCUT2D eigenvalue weighted by Crippen LogP contribution is 2.15. The van der Waals surface area contributed by atoms with Crippen LogP contribution in [0.1, 0.15) is 71.1 Å². The topological polar surface area (TPSA) is 183 Å². The summed E-state index contributed by atoms with van der Waals surface area (Å²) in [5, 5.41) is 8.16. The molecule has 2 atom stereocenters. The molecule has 3 rings (SSSR count). The van der Waals surface area contributed by atoms with Crippen LogP contribution in [0.15, 0.2) is 78.9 Å². The van der Waals surface area contributed by atoms with Crippen molar-refractivity contribution in [3.63, 3.8) is 0 Å². The van der Waals surface area contributed by atoms with Crippen LogP contribution in [-0.4, -0.2) is 60.8 Å². The Morgan fingerprint density at radius 1 is 0.700 bits per heavy atom. The summed E-state index contributed by atoms with van der Waals surface area (Å²) in [5.74, 6) is -2.49. The number of hydrogen-bond acceptors (Lipinski definition) is 8. The van der Waals surface area contributed by atoms with Crippen molar-refractivity contribution in [2.45, 2.75) is 77.5 Å². The van der Waals surface area contributed by atoms with E-state index in [1.807, 2.05) is 54.6 Å². The number of ketones is 1. The van der Waals surface area contributed by atoms with Gasteiger partial charge in [0, 0.05) is 25.8 Å². The minimum Gasteiger partial charge on any atom is -0.454 e. The highest BCUT2D eigenvalue weighted by molar-refractivity contribution is 5.96. The number of unbranched alkanes of at least 4 members (excludes halogenated alkanes) is 1. The Morgan fingerprint density at radius 2 is 1.34 bits per heavy atom. The number of ether oxygens (including phenoxy) is 2. The molecule has 266 valence electrons. The Kier molecular flexibility index (Phi) is 16.2. The molecular formula is C38H46N4O8. The summed E-state index contributed by atoms with van der Waals surface area (Å²) in [6.45, 7) is 3.29. The molecular weight excluding hydrogens is 640 g/mol. The molecule has 0 heterocycles. The lowest BCUT2D eigenvalue weighted by atomic mass is 10.0. The van der Waals surface area contributed by atoms with Gasteiger partial charge in [-0.25, -0.2) is 9.59 Å². The van der Waals surface area contributed by atoms with Gasteiger partial charge in [-0.05, 0) is 61.8 Å². The van der Waals surface area contributed by atoms with Gasteiger partial charge in [0.05, 0.1) is 11.6 Å². The molecule has 0 aliphatic heterocycles. The number of carbonyl (C=O) groups excluding carboxylic acids is 6. The predicted molar refractivity (Wildman–Crippen MR) is 187 cm³/mol. The molecule has 3 aromatic carbocycles. The third-order valence-electron chi connectivity index (χ3n) is 7.91. The van der Waals surface area contributed by atoms with E-state index < -0.39 is 48.4 Å². The van der Waals surface area contributed by atoms with Crippen molar-refractivity contribution in [3.05, 3.63) is 107 Å². The number of nitrogens with two attached hydrogens (primary N) is 1. The highest BCUT2D eigenvalue weighted by Gasteiger charge is 2.28. The van der Waals surface area contributed by atoms with Gasteiger partial charge in [-0.2, -0.15) is 0 Å². The number of hydrogen-bond donors (Lipinski definition) is 4. The number of aryl methyl sites for hydroxylation is 2. The molecule has 0 unspecified atom stereocenters. The average molecular weight is 687 g/mol. The molecule has 3 aromatic rings. The minimum absolute atomic E-state index is 0.000866. The molecule has 12 nitrogen and oxygen atoms in total. The first kappa shape index (κ1) is 38.9. The summed E-state index contributed by atoms with van der Waals surface area (Å²) in [6, 6.07) is 21.4. The molecule has 0 spiro atoms. The van der Waals surface area contributed by atoms with Crippen molar-refractivity contribution in [2.24, 2.45) is 5.73 Å². The first-order valence-electron chi connectivity index (χ1n) is 16.7. The van der Waals surface area contributed by atoms with Crippen LogP contribution in [0.3, 0.4) is 0 Å². The number of nitrogens with one attached hydrogen (secondary N) is 3. The Bertz CT molecular complexity index is 1580. The van der Waals surface area contributed by atoms with Crippen molar-refractivity contribution >= 4 is 35.6 Å². The normalized spacial score (nSPS) is 11.8. The van der Waals surface area contributed by atoms with Crippen molar-refractivity contribution in [1.29, 1.82) is 0 Å². The Balaban J connectivity index is 1.68. The van der Waals surface area contributed by atoms with Crippen LogP contribution in [-0.2, 0) is 41.7 Å². The van der Waals surface area contributed by atoms with E-state index >= 15 is 0 Å². The van der Waals surface area contributed by atoms with Crippen LogP contribution in [0.25, 0.3) is 0 Å². The number of esters is 1. The van der Waals surface area contributed by atoms with Gasteiger partial charge in [0.15, 0.2) is 12.4 Å². The van der Waals surface area contributed by atoms with E-state index in [4.69, 9.17) is 15.2 Å². The molecule has 0 fully saturated rings. The largest absolute Gasteiger partial charge is 0.454 e. The molecule has 50 heavy (non-hydrogen) atoms. The molecule has 4 amide bonds. The van der Waals surface area contributed by atoms with Gasteiger partial charge in [-0.1, -0.05) is 78.9 Å². The monoisotopic (exact) mass is 686 g/mol. The Hall–Kier alpha value is -5.52. The molecule has 0 saturated heterocycles. The zero-order valence-electron chi connectivity index (χ0n) is 28.6. The Labute approximate surface area is 292 Å². The van der Waals surface area contributed by atoms with Crippen LogP contribution >= 0.6 is 0 Å². The highest BCUT2D eigenvalue weighted by atomic mass is 16.5. The molecule has 12 heteroatoms. The zero-order valence-corrected chi connectivity index (χ0v) is 28.6. The summed E-state index contributed by atoms with van der Waals surface area (Å²) in [4.78, 5) is 75.9. The van der Waals surface area contributed by atoms with Gasteiger partial charge >= 0.3 is 12.1 Å². The molecule has 0 bridgehead atoms. The standard InChI is InChI=1S/C38H46N4O8/c1-26-13-11-14-27(2)35(26)37(47)49-25-32(43)30(19-9-10-22-40-34(45)21-12-20-33(39)44)41-36(46)31(23-28-15-5-3-6-16-28)42-38(48)50-24-29-17-7-4-8-18-29/h3-8,11,13-18,30-31H,9-10,12,19-25H2,1-2H3,(H2,39,44)(H,40,45)(H,41,46)(H,42,48)/t30-,31-/m1/s1. The van der Waals surface area contributed by atoms with E-state index in [0.29, 0.717) is 42.5 Å². The number of amides is 4. The number of carbonyl (C=O) groups is 6. The number of alkyl carbamates (subject to hydrolysis) is 1. The van der Waals surface area contributed by atoms with E-state index in [2.05, 4.69) is 16.0 Å². The molecule has 5 N–H and O–H groups in total. The van der Waals surface area contributed by atoms with Gasteiger partial charge in [0.1, 0.15) is 12.6 Å². The van der Waals surface area contributed by atoms with Crippen molar-refractivity contribution in [2.75, 3.05) is 13.2 Å². The van der Waals surface area contributed by atoms with E-state index in [1.54, 1.807) is 38.1 Å². The number of primary amides is 1. The number of benzene rings is 3. The predicted octanol–water partition coefficient (Wildman–Crippen LogP) is 3.99. The average Bonchev–Trinajstić information content (AvgIpc) is 3.09. The molecule has 0 aliphatic rings. The fourth-order valence-electron chi connectivity index (χ4n) is 5.21. The third-order valence-corrected chi connectivity index (χ3v) is 7.91. The molecule has 0 saturated carbocycles. The van der Waals surface area contributed by atoms with Crippen LogP contribution in [0.4, 0.5) is 4.79 Å². The first-order valence-corrected chi connectivity index (χ1v) is 16.7. The molecule has 0 radical (unpaired) electrons. The number of Topliss-reactive ketones (excluding diaryl/α,β-unsaturated/α-hetero) is 1. The number of rotatable bonds is 20. The van der Waals surface area contributed by atoms with Crippen LogP contribution in [0, 0.1) is 13.8 Å². The van der Waals surface area contributed by atoms with Crippen LogP contribution < -0.4 is 21.7 Å². The molecule has 0 aliphatic carbocycles. The van der Waals surface area contributed by atoms with Crippen molar-refractivity contribution in [3.8, 4) is 0 Å². The van der Waals surface area contributed by atoms with Gasteiger partial charge < -0.3 is 31.2 Å². The second-order valence-electron chi connectivity index (χ2n) is 12.0. The fourth-order valence-corrected chi connectivity index (χ4v) is 5.21. The summed E-state index contributed by atoms with van der Waals surface area (Å²) >= 11 is 0. The van der Waals surface area contributed by atoms with E-state index in [0.717, 1.165) is 11.1 Å². The second-order valence-corrected chi connectivity index (χ2v) is 12.0. The lowest BCUT2D eigenvalue weighted by Crippen LogP contribution is -2.53. The van der Waals surface area contributed by atoms with E-state index in [-0.39, 0.29) is 38.2 Å². The fraction of sp³-hybridized carbons (Fsp3) is 0.368. The van der Waals surface area contributed by atoms with Crippen molar-refractivity contribution in [1.82, 2.24) is 16.0 Å². The lowest BCUT2D eigenvalue weighted by Gasteiger charge is -2.23. The van der Waals surface area contributed by atoms with Gasteiger partial charge in [0.2, 0.25) is 17.7 Å². The Morgan fingerprint density at radius 3 is 1.98 bits per heavy atom. The summed E-state index contributed by atoms with van der Waals surface area (Å²) in [5.41, 5.74) is 8.45.